The molecule has 0 aromatic rings. The minimum atomic E-state index is 0.517. The molecule has 2 bridgehead atoms. The minimum Gasteiger partial charge on any atom is -0.385 e. The van der Waals surface area contributed by atoms with Gasteiger partial charge >= 0.3 is 0 Å². The summed E-state index contributed by atoms with van der Waals surface area (Å²) >= 11 is 0. The molecule has 3 N–H and O–H groups in total. The fourth-order valence-electron chi connectivity index (χ4n) is 5.01. The zero-order valence-corrected chi connectivity index (χ0v) is 11.1. The molecule has 3 heteroatoms. The monoisotopic (exact) mass is 238 g/mol. The third-order valence-electron chi connectivity index (χ3n) is 5.79. The van der Waals surface area contributed by atoms with Gasteiger partial charge in [-0.15, -0.1) is 0 Å². The highest BCUT2D eigenvalue weighted by molar-refractivity contribution is 5.16. The number of hydrazine groups is 1. The van der Waals surface area contributed by atoms with Crippen LogP contribution >= 0.6 is 0 Å². The lowest BCUT2D eigenvalue weighted by Crippen LogP contribution is -2.43. The van der Waals surface area contributed by atoms with Gasteiger partial charge in [0.25, 0.3) is 0 Å². The van der Waals surface area contributed by atoms with Gasteiger partial charge in [0.2, 0.25) is 0 Å². The zero-order valence-electron chi connectivity index (χ0n) is 11.1. The van der Waals surface area contributed by atoms with Crippen molar-refractivity contribution in [2.75, 3.05) is 13.7 Å². The maximum absolute atomic E-state index is 5.81. The smallest absolute Gasteiger partial charge is 0.0465 e. The van der Waals surface area contributed by atoms with Crippen LogP contribution in [-0.4, -0.2) is 19.8 Å². The van der Waals surface area contributed by atoms with E-state index >= 15 is 0 Å². The summed E-state index contributed by atoms with van der Waals surface area (Å²) in [4.78, 5) is 0. The Bertz CT molecular complexity index is 267. The molecule has 0 amide bonds. The highest BCUT2D eigenvalue weighted by atomic mass is 16.5. The summed E-state index contributed by atoms with van der Waals surface area (Å²) in [7, 11) is 1.78. The van der Waals surface area contributed by atoms with E-state index in [9.17, 15) is 0 Å². The summed E-state index contributed by atoms with van der Waals surface area (Å²) < 4.78 is 5.19. The second-order valence-electron chi connectivity index (χ2n) is 6.52. The van der Waals surface area contributed by atoms with Crippen LogP contribution in [0.1, 0.15) is 32.6 Å². The predicted octanol–water partition coefficient (Wildman–Crippen LogP) is 1.78. The van der Waals surface area contributed by atoms with Gasteiger partial charge < -0.3 is 4.74 Å². The molecule has 0 aromatic heterocycles. The van der Waals surface area contributed by atoms with Crippen LogP contribution in [0.25, 0.3) is 0 Å². The second kappa shape index (κ2) is 4.52. The molecule has 3 aliphatic rings. The van der Waals surface area contributed by atoms with Crippen molar-refractivity contribution in [3.8, 4) is 0 Å². The van der Waals surface area contributed by atoms with E-state index in [1.807, 2.05) is 0 Å². The van der Waals surface area contributed by atoms with E-state index in [4.69, 9.17) is 10.6 Å². The molecule has 0 spiro atoms. The molecule has 3 saturated carbocycles. The molecule has 3 nitrogen and oxygen atoms in total. The summed E-state index contributed by atoms with van der Waals surface area (Å²) in [6, 6.07) is 0.517. The summed E-state index contributed by atoms with van der Waals surface area (Å²) in [5.41, 5.74) is 3.11. The Labute approximate surface area is 104 Å². The molecule has 0 aromatic carbocycles. The van der Waals surface area contributed by atoms with Crippen LogP contribution in [0.3, 0.4) is 0 Å². The molecule has 6 unspecified atom stereocenters. The third kappa shape index (κ3) is 1.83. The Hall–Kier alpha value is -0.120. The summed E-state index contributed by atoms with van der Waals surface area (Å²) in [6.07, 6.45) is 5.63. The molecule has 3 fully saturated rings. The zero-order chi connectivity index (χ0) is 12.0. The van der Waals surface area contributed by atoms with Crippen molar-refractivity contribution in [3.05, 3.63) is 0 Å². The van der Waals surface area contributed by atoms with Gasteiger partial charge in [0.15, 0.2) is 0 Å². The molecule has 0 aliphatic heterocycles. The van der Waals surface area contributed by atoms with Crippen molar-refractivity contribution in [1.29, 1.82) is 0 Å². The van der Waals surface area contributed by atoms with Crippen molar-refractivity contribution < 1.29 is 4.74 Å². The van der Waals surface area contributed by atoms with E-state index in [0.717, 1.165) is 42.6 Å². The normalized spacial score (nSPS) is 45.7. The number of nitrogens with two attached hydrogens (primary N) is 1. The molecule has 0 heterocycles. The first-order valence-corrected chi connectivity index (χ1v) is 7.23. The van der Waals surface area contributed by atoms with Crippen LogP contribution in [0.2, 0.25) is 0 Å². The van der Waals surface area contributed by atoms with Gasteiger partial charge in [-0.3, -0.25) is 11.3 Å². The Balaban J connectivity index is 1.60. The maximum Gasteiger partial charge on any atom is 0.0465 e. The van der Waals surface area contributed by atoms with Crippen molar-refractivity contribution >= 4 is 0 Å². The summed E-state index contributed by atoms with van der Waals surface area (Å²) in [6.45, 7) is 3.17. The summed E-state index contributed by atoms with van der Waals surface area (Å²) in [5.74, 6) is 11.4. The first-order valence-electron chi connectivity index (χ1n) is 7.23. The molecular formula is C14H26N2O. The first-order chi connectivity index (χ1) is 8.27. The molecular weight excluding hydrogens is 212 g/mol. The average molecular weight is 238 g/mol. The predicted molar refractivity (Wildman–Crippen MR) is 68.1 cm³/mol. The lowest BCUT2D eigenvalue weighted by atomic mass is 9.89. The van der Waals surface area contributed by atoms with E-state index in [0.29, 0.717) is 12.0 Å². The lowest BCUT2D eigenvalue weighted by molar-refractivity contribution is 0.162. The lowest BCUT2D eigenvalue weighted by Gasteiger charge is -2.25. The van der Waals surface area contributed by atoms with Crippen molar-refractivity contribution in [2.45, 2.75) is 38.6 Å². The largest absolute Gasteiger partial charge is 0.385 e. The van der Waals surface area contributed by atoms with E-state index in [2.05, 4.69) is 12.3 Å². The highest BCUT2D eigenvalue weighted by Gasteiger charge is 2.66. The Morgan fingerprint density at radius 3 is 2.47 bits per heavy atom. The number of hydrogen-bond donors (Lipinski definition) is 2. The van der Waals surface area contributed by atoms with Gasteiger partial charge in [-0.2, -0.15) is 0 Å². The molecule has 6 atom stereocenters. The van der Waals surface area contributed by atoms with Crippen LogP contribution in [0.5, 0.6) is 0 Å². The average Bonchev–Trinajstić information content (AvgIpc) is 2.76. The molecule has 98 valence electrons. The quantitative estimate of drug-likeness (QED) is 0.548. The molecule has 0 saturated heterocycles. The van der Waals surface area contributed by atoms with Crippen LogP contribution in [0.4, 0.5) is 0 Å². The van der Waals surface area contributed by atoms with Gasteiger partial charge in [-0.25, -0.2) is 0 Å². The number of rotatable bonds is 6. The number of nitrogens with one attached hydrogen (secondary N) is 1. The Morgan fingerprint density at radius 2 is 1.94 bits per heavy atom. The van der Waals surface area contributed by atoms with E-state index in [1.54, 1.807) is 7.11 Å². The molecule has 17 heavy (non-hydrogen) atoms. The van der Waals surface area contributed by atoms with Crippen molar-refractivity contribution in [3.63, 3.8) is 0 Å². The molecule has 3 rings (SSSR count). The van der Waals surface area contributed by atoms with Crippen LogP contribution in [0.15, 0.2) is 0 Å². The van der Waals surface area contributed by atoms with Gasteiger partial charge in [-0.1, -0.05) is 6.92 Å². The standard InChI is InChI=1S/C14H26N2O/c1-8(5-6-17-2)14(16-15)13-11-9-3-4-10(7-9)12(11)13/h8-14,16H,3-7,15H2,1-2H3. The molecule has 0 radical (unpaired) electrons. The van der Waals surface area contributed by atoms with Crippen LogP contribution in [0, 0.1) is 35.5 Å². The van der Waals surface area contributed by atoms with Gasteiger partial charge in [0.05, 0.1) is 0 Å². The Kier molecular flexibility index (Phi) is 3.18. The Morgan fingerprint density at radius 1 is 1.29 bits per heavy atom. The van der Waals surface area contributed by atoms with Crippen molar-refractivity contribution in [1.82, 2.24) is 5.43 Å². The minimum absolute atomic E-state index is 0.517. The van der Waals surface area contributed by atoms with Crippen LogP contribution in [-0.2, 0) is 4.74 Å². The van der Waals surface area contributed by atoms with Crippen LogP contribution < -0.4 is 11.3 Å². The first kappa shape index (κ1) is 11.9. The number of methoxy groups -OCH3 is 1. The SMILES string of the molecule is COCCC(C)C(NN)C1C2C3CCC(C3)C21. The van der Waals surface area contributed by atoms with Gasteiger partial charge in [0.1, 0.15) is 0 Å². The highest BCUT2D eigenvalue weighted by Crippen LogP contribution is 2.70. The third-order valence-corrected chi connectivity index (χ3v) is 5.79. The topological polar surface area (TPSA) is 47.3 Å². The number of fused-ring (bicyclic) bond motifs is 5. The second-order valence-corrected chi connectivity index (χ2v) is 6.52. The van der Waals surface area contributed by atoms with Crippen molar-refractivity contribution in [2.24, 2.45) is 41.4 Å². The van der Waals surface area contributed by atoms with E-state index < -0.39 is 0 Å². The number of hydrogen-bond acceptors (Lipinski definition) is 3. The fourth-order valence-corrected chi connectivity index (χ4v) is 5.01. The van der Waals surface area contributed by atoms with Gasteiger partial charge in [0, 0.05) is 19.8 Å². The molecule has 3 aliphatic carbocycles. The number of ether oxygens (including phenoxy) is 1. The maximum atomic E-state index is 5.81. The van der Waals surface area contributed by atoms with Gasteiger partial charge in [-0.05, 0) is 61.2 Å². The van der Waals surface area contributed by atoms with E-state index in [-0.39, 0.29) is 0 Å². The van der Waals surface area contributed by atoms with E-state index in [1.165, 1.54) is 19.3 Å². The fraction of sp³-hybridized carbons (Fsp3) is 1.00. The summed E-state index contributed by atoms with van der Waals surface area (Å²) in [5, 5.41) is 0.